The molecule has 3 rings (SSSR count). The van der Waals surface area contributed by atoms with Gasteiger partial charge in [-0.05, 0) is 55.3 Å². The van der Waals surface area contributed by atoms with Gasteiger partial charge in [-0.2, -0.15) is 0 Å². The van der Waals surface area contributed by atoms with E-state index in [-0.39, 0.29) is 12.5 Å². The van der Waals surface area contributed by atoms with Crippen molar-refractivity contribution in [3.63, 3.8) is 0 Å². The van der Waals surface area contributed by atoms with Crippen LogP contribution in [0.3, 0.4) is 0 Å². The van der Waals surface area contributed by atoms with E-state index in [1.807, 2.05) is 61.5 Å². The lowest BCUT2D eigenvalue weighted by Crippen LogP contribution is -2.16. The van der Waals surface area contributed by atoms with E-state index >= 15 is 0 Å². The van der Waals surface area contributed by atoms with Crippen LogP contribution >= 0.6 is 11.6 Å². The van der Waals surface area contributed by atoms with E-state index in [4.69, 9.17) is 30.9 Å². The van der Waals surface area contributed by atoms with E-state index in [0.29, 0.717) is 41.7 Å². The number of carbonyl (C=O) groups is 1. The van der Waals surface area contributed by atoms with E-state index in [0.717, 1.165) is 11.3 Å². The molecule has 1 atom stereocenters. The first-order valence-electron chi connectivity index (χ1n) is 10.1. The average Bonchev–Trinajstić information content (AvgIpc) is 2.76. The van der Waals surface area contributed by atoms with Crippen molar-refractivity contribution >= 4 is 17.6 Å². The van der Waals surface area contributed by atoms with Gasteiger partial charge in [-0.25, -0.2) is 0 Å². The number of carboxylic acid groups (broad SMARTS) is 1. The molecule has 0 fully saturated rings. The van der Waals surface area contributed by atoms with Crippen molar-refractivity contribution < 1.29 is 24.1 Å². The zero-order chi connectivity index (χ0) is 22.1. The Morgan fingerprint density at radius 2 is 1.71 bits per heavy atom. The van der Waals surface area contributed by atoms with Crippen LogP contribution in [0.25, 0.3) is 0 Å². The largest absolute Gasteiger partial charge is 0.493 e. The van der Waals surface area contributed by atoms with Gasteiger partial charge in [0.1, 0.15) is 11.5 Å². The van der Waals surface area contributed by atoms with Crippen LogP contribution in [0.4, 0.5) is 0 Å². The van der Waals surface area contributed by atoms with E-state index < -0.39 is 5.97 Å². The summed E-state index contributed by atoms with van der Waals surface area (Å²) in [6.45, 7) is 2.46. The summed E-state index contributed by atoms with van der Waals surface area (Å²) in [6, 6.07) is 22.3. The minimum Gasteiger partial charge on any atom is -0.493 e. The number of halogens is 1. The fourth-order valence-electron chi connectivity index (χ4n) is 2.90. The highest BCUT2D eigenvalue weighted by Gasteiger charge is 2.12. The van der Waals surface area contributed by atoms with E-state index in [9.17, 15) is 4.79 Å². The van der Waals surface area contributed by atoms with Gasteiger partial charge >= 0.3 is 5.97 Å². The minimum atomic E-state index is -0.799. The summed E-state index contributed by atoms with van der Waals surface area (Å²) in [6.07, 6.45) is 1.20. The van der Waals surface area contributed by atoms with Gasteiger partial charge < -0.3 is 19.3 Å². The monoisotopic (exact) mass is 440 g/mol. The fraction of sp³-hybridized carbons (Fsp3) is 0.240. The van der Waals surface area contributed by atoms with E-state index in [2.05, 4.69) is 0 Å². The van der Waals surface area contributed by atoms with Crippen molar-refractivity contribution in [3.8, 4) is 23.0 Å². The Hall–Kier alpha value is -3.18. The molecule has 3 aromatic carbocycles. The highest BCUT2D eigenvalue weighted by atomic mass is 35.5. The molecule has 3 aromatic rings. The number of hydrogen-bond acceptors (Lipinski definition) is 4. The van der Waals surface area contributed by atoms with Crippen molar-refractivity contribution in [1.29, 1.82) is 0 Å². The third kappa shape index (κ3) is 7.54. The summed E-state index contributed by atoms with van der Waals surface area (Å²) in [5.41, 5.74) is 0.972. The number of aryl methyl sites for hydroxylation is 1. The Kier molecular flexibility index (Phi) is 8.19. The highest BCUT2D eigenvalue weighted by Crippen LogP contribution is 2.35. The molecular formula is C25H25ClO5. The molecule has 0 aliphatic carbocycles. The first kappa shape index (κ1) is 22.5. The van der Waals surface area contributed by atoms with Gasteiger partial charge in [0.2, 0.25) is 0 Å². The number of para-hydroxylation sites is 1. The van der Waals surface area contributed by atoms with Crippen LogP contribution in [0.2, 0.25) is 5.02 Å². The number of carboxylic acids is 1. The molecule has 0 spiro atoms. The van der Waals surface area contributed by atoms with Crippen molar-refractivity contribution in [2.75, 3.05) is 6.61 Å². The molecule has 5 nitrogen and oxygen atoms in total. The number of hydrogen-bond donors (Lipinski definition) is 1. The lowest BCUT2D eigenvalue weighted by Gasteiger charge is -2.18. The summed E-state index contributed by atoms with van der Waals surface area (Å²) in [5.74, 6) is 1.82. The Morgan fingerprint density at radius 1 is 0.968 bits per heavy atom. The second-order valence-corrected chi connectivity index (χ2v) is 7.55. The predicted octanol–water partition coefficient (Wildman–Crippen LogP) is 6.39. The molecule has 0 bridgehead atoms. The summed E-state index contributed by atoms with van der Waals surface area (Å²) in [5, 5.41) is 9.33. The molecule has 0 saturated carbocycles. The number of ether oxygens (including phenoxy) is 3. The van der Waals surface area contributed by atoms with Crippen molar-refractivity contribution in [3.05, 3.63) is 83.4 Å². The van der Waals surface area contributed by atoms with Crippen molar-refractivity contribution in [1.82, 2.24) is 0 Å². The number of rotatable bonds is 11. The van der Waals surface area contributed by atoms with Crippen LogP contribution in [0.5, 0.6) is 23.0 Å². The molecule has 0 aliphatic heterocycles. The lowest BCUT2D eigenvalue weighted by molar-refractivity contribution is -0.136. The molecular weight excluding hydrogens is 416 g/mol. The van der Waals surface area contributed by atoms with E-state index in [1.54, 1.807) is 18.2 Å². The molecule has 0 heterocycles. The first-order valence-corrected chi connectivity index (χ1v) is 10.5. The normalized spacial score (nSPS) is 11.5. The zero-order valence-electron chi connectivity index (χ0n) is 17.3. The van der Waals surface area contributed by atoms with Crippen LogP contribution in [0.1, 0.15) is 25.3 Å². The zero-order valence-corrected chi connectivity index (χ0v) is 18.0. The van der Waals surface area contributed by atoms with Crippen molar-refractivity contribution in [2.24, 2.45) is 0 Å². The van der Waals surface area contributed by atoms with Gasteiger partial charge in [0.25, 0.3) is 0 Å². The molecule has 0 unspecified atom stereocenters. The third-order valence-electron chi connectivity index (χ3n) is 4.55. The quantitative estimate of drug-likeness (QED) is 0.374. The molecule has 31 heavy (non-hydrogen) atoms. The Morgan fingerprint density at radius 3 is 2.42 bits per heavy atom. The molecule has 0 amide bonds. The maximum atomic E-state index is 10.7. The van der Waals surface area contributed by atoms with Gasteiger partial charge in [0, 0.05) is 23.9 Å². The SMILES string of the molecule is C[C@H](CCOc1ccc(CCC(=O)O)cc1)Oc1ccc(Cl)cc1Oc1ccccc1. The highest BCUT2D eigenvalue weighted by molar-refractivity contribution is 6.30. The molecule has 0 aliphatic rings. The lowest BCUT2D eigenvalue weighted by atomic mass is 10.1. The average molecular weight is 441 g/mol. The van der Waals surface area contributed by atoms with Gasteiger partial charge in [-0.3, -0.25) is 4.79 Å². The van der Waals surface area contributed by atoms with Crippen LogP contribution in [-0.4, -0.2) is 23.8 Å². The molecule has 6 heteroatoms. The Balaban J connectivity index is 1.50. The Labute approximate surface area is 187 Å². The topological polar surface area (TPSA) is 65.0 Å². The number of aliphatic carboxylic acids is 1. The fourth-order valence-corrected chi connectivity index (χ4v) is 3.06. The molecule has 0 radical (unpaired) electrons. The van der Waals surface area contributed by atoms with Crippen LogP contribution in [-0.2, 0) is 11.2 Å². The smallest absolute Gasteiger partial charge is 0.303 e. The number of benzene rings is 3. The summed E-state index contributed by atoms with van der Waals surface area (Å²) in [7, 11) is 0. The molecule has 1 N–H and O–H groups in total. The summed E-state index contributed by atoms with van der Waals surface area (Å²) in [4.78, 5) is 10.7. The first-order chi connectivity index (χ1) is 15.0. The van der Waals surface area contributed by atoms with Gasteiger partial charge in [0.15, 0.2) is 11.5 Å². The summed E-state index contributed by atoms with van der Waals surface area (Å²) < 4.78 is 17.8. The van der Waals surface area contributed by atoms with Gasteiger partial charge in [0.05, 0.1) is 12.7 Å². The second kappa shape index (κ2) is 11.3. The van der Waals surface area contributed by atoms with Gasteiger partial charge in [-0.15, -0.1) is 0 Å². The minimum absolute atomic E-state index is 0.103. The van der Waals surface area contributed by atoms with Crippen LogP contribution < -0.4 is 14.2 Å². The van der Waals surface area contributed by atoms with Crippen LogP contribution in [0, 0.1) is 0 Å². The van der Waals surface area contributed by atoms with Crippen LogP contribution in [0.15, 0.2) is 72.8 Å². The molecule has 162 valence electrons. The molecule has 0 aromatic heterocycles. The summed E-state index contributed by atoms with van der Waals surface area (Å²) >= 11 is 6.13. The third-order valence-corrected chi connectivity index (χ3v) is 4.78. The second-order valence-electron chi connectivity index (χ2n) is 7.11. The Bertz CT molecular complexity index is 973. The standard InChI is InChI=1S/C25H25ClO5/c1-18(15-16-29-21-11-7-19(8-12-21)9-14-25(27)28)30-23-13-10-20(26)17-24(23)31-22-5-3-2-4-6-22/h2-8,10-13,17-18H,9,14-16H2,1H3,(H,27,28)/t18-/m1/s1. The predicted molar refractivity (Wildman–Crippen MR) is 121 cm³/mol. The van der Waals surface area contributed by atoms with Crippen molar-refractivity contribution in [2.45, 2.75) is 32.3 Å². The van der Waals surface area contributed by atoms with Gasteiger partial charge in [-0.1, -0.05) is 41.9 Å². The maximum Gasteiger partial charge on any atom is 0.303 e. The molecule has 0 saturated heterocycles. The van der Waals surface area contributed by atoms with E-state index in [1.165, 1.54) is 0 Å². The maximum absolute atomic E-state index is 10.7.